The molecule has 0 bridgehead atoms. The van der Waals surface area contributed by atoms with Gasteiger partial charge < -0.3 is 9.26 Å². The van der Waals surface area contributed by atoms with Crippen molar-refractivity contribution in [3.8, 4) is 11.1 Å². The van der Waals surface area contributed by atoms with Gasteiger partial charge in [-0.1, -0.05) is 54.5 Å². The van der Waals surface area contributed by atoms with Gasteiger partial charge in [-0.25, -0.2) is 10.2 Å². The number of hydrazine groups is 1. The Bertz CT molecular complexity index is 987. The number of halogens is 1. The van der Waals surface area contributed by atoms with Crippen LogP contribution in [0.3, 0.4) is 0 Å². The van der Waals surface area contributed by atoms with Gasteiger partial charge in [-0.2, -0.15) is 4.99 Å². The molecule has 1 aliphatic rings. The van der Waals surface area contributed by atoms with Gasteiger partial charge in [-0.3, -0.25) is 5.01 Å². The molecule has 1 fully saturated rings. The van der Waals surface area contributed by atoms with Crippen LogP contribution in [0.1, 0.15) is 24.1 Å². The maximum absolute atomic E-state index is 14.7. The van der Waals surface area contributed by atoms with E-state index in [1.165, 1.54) is 5.01 Å². The number of benzene rings is 2. The van der Waals surface area contributed by atoms with Crippen molar-refractivity contribution in [2.45, 2.75) is 12.8 Å². The number of aliphatic imine (C=N–C) groups is 1. The smallest absolute Gasteiger partial charge is 0.252 e. The summed E-state index contributed by atoms with van der Waals surface area (Å²) in [6, 6.07) is 16.5. The van der Waals surface area contributed by atoms with E-state index in [0.29, 0.717) is 42.7 Å². The monoisotopic (exact) mass is 380 g/mol. The lowest BCUT2D eigenvalue weighted by atomic mass is 9.95. The van der Waals surface area contributed by atoms with Crippen LogP contribution in [0.4, 0.5) is 10.3 Å². The maximum Gasteiger partial charge on any atom is 0.252 e. The summed E-state index contributed by atoms with van der Waals surface area (Å²) in [5.74, 6) is 6.40. The van der Waals surface area contributed by atoms with Crippen LogP contribution in [-0.2, 0) is 4.74 Å². The molecule has 3 aromatic rings. The molecule has 2 aromatic carbocycles. The van der Waals surface area contributed by atoms with Crippen molar-refractivity contribution in [2.24, 2.45) is 10.8 Å². The molecule has 0 unspecified atom stereocenters. The Hall–Kier alpha value is -3.03. The average molecular weight is 380 g/mol. The highest BCUT2D eigenvalue weighted by molar-refractivity contribution is 5.85. The van der Waals surface area contributed by atoms with Crippen LogP contribution >= 0.6 is 0 Å². The van der Waals surface area contributed by atoms with Gasteiger partial charge in [0.1, 0.15) is 18.3 Å². The standard InChI is InChI=1S/C21H21FN4O2/c1-14(16-7-8-17(18(22)11-16)15-5-3-2-4-6-15)19-12-21(28-25-19)24-20-13-27-10-9-26(20)23/h2-8,11-12,14H,9-10,13,23H2,1H3/t14-/m0/s1. The number of nitrogens with two attached hydrogens (primary N) is 1. The summed E-state index contributed by atoms with van der Waals surface area (Å²) in [5.41, 5.74) is 2.90. The highest BCUT2D eigenvalue weighted by Crippen LogP contribution is 2.30. The molecular formula is C21H21FN4O2. The van der Waals surface area contributed by atoms with Gasteiger partial charge in [0.15, 0.2) is 0 Å². The van der Waals surface area contributed by atoms with Crippen molar-refractivity contribution in [1.82, 2.24) is 10.2 Å². The molecular weight excluding hydrogens is 359 g/mol. The van der Waals surface area contributed by atoms with Gasteiger partial charge in [0.2, 0.25) is 0 Å². The molecule has 1 saturated heterocycles. The molecule has 2 N–H and O–H groups in total. The van der Waals surface area contributed by atoms with Crippen molar-refractivity contribution in [3.05, 3.63) is 71.7 Å². The molecule has 1 aromatic heterocycles. The third-order valence-electron chi connectivity index (χ3n) is 4.82. The number of rotatable bonds is 4. The van der Waals surface area contributed by atoms with Crippen LogP contribution in [0.25, 0.3) is 11.1 Å². The van der Waals surface area contributed by atoms with Gasteiger partial charge in [-0.15, -0.1) is 0 Å². The summed E-state index contributed by atoms with van der Waals surface area (Å²) in [4.78, 5) is 4.36. The Morgan fingerprint density at radius 3 is 2.75 bits per heavy atom. The van der Waals surface area contributed by atoms with E-state index in [1.54, 1.807) is 18.2 Å². The molecule has 2 heterocycles. The van der Waals surface area contributed by atoms with E-state index in [-0.39, 0.29) is 11.7 Å². The molecule has 144 valence electrons. The minimum absolute atomic E-state index is 0.145. The van der Waals surface area contributed by atoms with Gasteiger partial charge in [0, 0.05) is 17.5 Å². The van der Waals surface area contributed by atoms with Crippen molar-refractivity contribution in [3.63, 3.8) is 0 Å². The number of morpholine rings is 1. The zero-order valence-corrected chi connectivity index (χ0v) is 15.5. The third-order valence-corrected chi connectivity index (χ3v) is 4.82. The zero-order valence-electron chi connectivity index (χ0n) is 15.5. The first-order chi connectivity index (χ1) is 13.6. The number of aromatic nitrogens is 1. The van der Waals surface area contributed by atoms with Crippen LogP contribution in [0, 0.1) is 5.82 Å². The number of hydrogen-bond donors (Lipinski definition) is 1. The summed E-state index contributed by atoms with van der Waals surface area (Å²) in [6.07, 6.45) is 0. The van der Waals surface area contributed by atoms with Crippen molar-refractivity contribution in [2.75, 3.05) is 19.8 Å². The first-order valence-corrected chi connectivity index (χ1v) is 9.11. The minimum Gasteiger partial charge on any atom is -0.372 e. The van der Waals surface area contributed by atoms with E-state index in [1.807, 2.05) is 43.3 Å². The number of hydrogen-bond acceptors (Lipinski definition) is 5. The quantitative estimate of drug-likeness (QED) is 0.696. The zero-order chi connectivity index (χ0) is 19.5. The van der Waals surface area contributed by atoms with E-state index in [9.17, 15) is 4.39 Å². The van der Waals surface area contributed by atoms with Crippen LogP contribution < -0.4 is 5.84 Å². The largest absolute Gasteiger partial charge is 0.372 e. The molecule has 0 aliphatic carbocycles. The van der Waals surface area contributed by atoms with Crippen molar-refractivity contribution >= 4 is 11.7 Å². The van der Waals surface area contributed by atoms with Crippen LogP contribution in [-0.4, -0.2) is 35.8 Å². The second-order valence-electron chi connectivity index (χ2n) is 6.69. The highest BCUT2D eigenvalue weighted by atomic mass is 19.1. The predicted molar refractivity (Wildman–Crippen MR) is 105 cm³/mol. The molecule has 4 rings (SSSR count). The molecule has 0 saturated carbocycles. The van der Waals surface area contributed by atoms with Crippen LogP contribution in [0.5, 0.6) is 0 Å². The van der Waals surface area contributed by atoms with Gasteiger partial charge in [0.05, 0.1) is 18.8 Å². The summed E-state index contributed by atoms with van der Waals surface area (Å²) in [5, 5.41) is 5.62. The molecule has 1 atom stereocenters. The normalized spacial score (nSPS) is 17.1. The molecule has 0 amide bonds. The third kappa shape index (κ3) is 3.81. The fourth-order valence-corrected chi connectivity index (χ4v) is 3.12. The summed E-state index contributed by atoms with van der Waals surface area (Å²) >= 11 is 0. The van der Waals surface area contributed by atoms with E-state index in [4.69, 9.17) is 15.1 Å². The molecule has 7 heteroatoms. The fourth-order valence-electron chi connectivity index (χ4n) is 3.12. The summed E-state index contributed by atoms with van der Waals surface area (Å²) < 4.78 is 25.3. The first-order valence-electron chi connectivity index (χ1n) is 9.11. The van der Waals surface area contributed by atoms with E-state index >= 15 is 0 Å². The first kappa shape index (κ1) is 18.3. The Balaban J connectivity index is 1.55. The second kappa shape index (κ2) is 7.92. The van der Waals surface area contributed by atoms with Gasteiger partial charge >= 0.3 is 0 Å². The SMILES string of the molecule is C[C@@H](c1ccc(-c2ccccc2)c(F)c1)c1cc(N=C2COCCN2N)on1. The molecule has 0 radical (unpaired) electrons. The highest BCUT2D eigenvalue weighted by Gasteiger charge is 2.18. The second-order valence-corrected chi connectivity index (χ2v) is 6.69. The minimum atomic E-state index is -0.266. The Morgan fingerprint density at radius 2 is 2.00 bits per heavy atom. The lowest BCUT2D eigenvalue weighted by molar-refractivity contribution is 0.116. The lowest BCUT2D eigenvalue weighted by Crippen LogP contribution is -2.46. The van der Waals surface area contributed by atoms with Crippen molar-refractivity contribution in [1.29, 1.82) is 0 Å². The molecule has 6 nitrogen and oxygen atoms in total. The maximum atomic E-state index is 14.7. The lowest BCUT2D eigenvalue weighted by Gasteiger charge is -2.24. The predicted octanol–water partition coefficient (Wildman–Crippen LogP) is 3.87. The summed E-state index contributed by atoms with van der Waals surface area (Å²) in [7, 11) is 0. The molecule has 1 aliphatic heterocycles. The van der Waals surface area contributed by atoms with E-state index < -0.39 is 0 Å². The van der Waals surface area contributed by atoms with Crippen molar-refractivity contribution < 1.29 is 13.7 Å². The summed E-state index contributed by atoms with van der Waals surface area (Å²) in [6.45, 7) is 3.42. The van der Waals surface area contributed by atoms with E-state index in [2.05, 4.69) is 10.1 Å². The average Bonchev–Trinajstić information content (AvgIpc) is 3.18. The van der Waals surface area contributed by atoms with Gasteiger partial charge in [0.25, 0.3) is 5.88 Å². The number of ether oxygens (including phenoxy) is 1. The molecule has 28 heavy (non-hydrogen) atoms. The Kier molecular flexibility index (Phi) is 5.18. The number of amidine groups is 1. The fraction of sp³-hybridized carbons (Fsp3) is 0.238. The topological polar surface area (TPSA) is 76.9 Å². The van der Waals surface area contributed by atoms with Gasteiger partial charge in [-0.05, 0) is 17.2 Å². The molecule has 0 spiro atoms. The number of nitrogens with zero attached hydrogens (tertiary/aromatic N) is 3. The Morgan fingerprint density at radius 1 is 1.18 bits per heavy atom. The van der Waals surface area contributed by atoms with Crippen LogP contribution in [0.2, 0.25) is 0 Å². The van der Waals surface area contributed by atoms with Crippen LogP contribution in [0.15, 0.2) is 64.1 Å². The Labute approximate surface area is 162 Å². The van der Waals surface area contributed by atoms with E-state index in [0.717, 1.165) is 11.1 Å².